The second-order valence-electron chi connectivity index (χ2n) is 4.52. The van der Waals surface area contributed by atoms with Crippen LogP contribution in [0.5, 0.6) is 0 Å². The fraction of sp³-hybridized carbons (Fsp3) is 0.286. The van der Waals surface area contributed by atoms with Gasteiger partial charge in [0.15, 0.2) is 0 Å². The molecule has 1 atom stereocenters. The first-order chi connectivity index (χ1) is 9.86. The molecule has 2 aromatic heterocycles. The fourth-order valence-corrected chi connectivity index (χ4v) is 1.72. The van der Waals surface area contributed by atoms with Crippen LogP contribution in [0.25, 0.3) is 0 Å². The first-order valence-electron chi connectivity index (χ1n) is 6.24. The number of halogens is 4. The number of nitrogens with zero attached hydrogens (tertiary/aromatic N) is 2. The van der Waals surface area contributed by atoms with Gasteiger partial charge in [-0.15, -0.1) is 0 Å². The van der Waals surface area contributed by atoms with Crippen LogP contribution in [-0.2, 0) is 12.7 Å². The Labute approximate surface area is 119 Å². The number of nitrogens with one attached hydrogen (secondary N) is 1. The predicted molar refractivity (Wildman–Crippen MR) is 68.7 cm³/mol. The summed E-state index contributed by atoms with van der Waals surface area (Å²) in [6, 6.07) is 6.50. The van der Waals surface area contributed by atoms with Crippen molar-refractivity contribution < 1.29 is 17.6 Å². The van der Waals surface area contributed by atoms with E-state index in [2.05, 4.69) is 15.3 Å². The van der Waals surface area contributed by atoms with Crippen LogP contribution in [0, 0.1) is 5.95 Å². The van der Waals surface area contributed by atoms with Crippen molar-refractivity contribution in [1.82, 2.24) is 15.3 Å². The highest BCUT2D eigenvalue weighted by molar-refractivity contribution is 5.17. The van der Waals surface area contributed by atoms with E-state index in [0.29, 0.717) is 11.4 Å². The zero-order chi connectivity index (χ0) is 15.5. The number of aromatic nitrogens is 2. The zero-order valence-electron chi connectivity index (χ0n) is 11.2. The van der Waals surface area contributed by atoms with E-state index in [1.54, 1.807) is 19.1 Å². The van der Waals surface area contributed by atoms with Crippen LogP contribution in [0.4, 0.5) is 17.6 Å². The van der Waals surface area contributed by atoms with Gasteiger partial charge in [-0.2, -0.15) is 17.6 Å². The lowest BCUT2D eigenvalue weighted by Gasteiger charge is -2.13. The van der Waals surface area contributed by atoms with Crippen molar-refractivity contribution in [2.45, 2.75) is 25.7 Å². The third kappa shape index (κ3) is 4.22. The van der Waals surface area contributed by atoms with Crippen molar-refractivity contribution in [2.24, 2.45) is 0 Å². The van der Waals surface area contributed by atoms with Gasteiger partial charge in [0.1, 0.15) is 0 Å². The summed E-state index contributed by atoms with van der Waals surface area (Å²) in [6.07, 6.45) is -3.60. The molecule has 0 aliphatic carbocycles. The van der Waals surface area contributed by atoms with Gasteiger partial charge < -0.3 is 5.32 Å². The fourth-order valence-electron chi connectivity index (χ4n) is 1.72. The molecule has 0 aliphatic rings. The maximum Gasteiger partial charge on any atom is 0.417 e. The summed E-state index contributed by atoms with van der Waals surface area (Å²) >= 11 is 0. The molecule has 2 heterocycles. The van der Waals surface area contributed by atoms with Gasteiger partial charge in [0.05, 0.1) is 17.0 Å². The van der Waals surface area contributed by atoms with E-state index in [1.807, 2.05) is 0 Å². The third-order valence-corrected chi connectivity index (χ3v) is 2.92. The molecule has 0 bridgehead atoms. The maximum atomic E-state index is 13.0. The van der Waals surface area contributed by atoms with Crippen LogP contribution in [0.2, 0.25) is 0 Å². The van der Waals surface area contributed by atoms with Crippen molar-refractivity contribution in [3.63, 3.8) is 0 Å². The minimum Gasteiger partial charge on any atom is -0.303 e. The quantitative estimate of drug-likeness (QED) is 0.694. The Kier molecular flexibility index (Phi) is 4.52. The molecule has 0 unspecified atom stereocenters. The minimum atomic E-state index is -4.39. The molecule has 0 aromatic carbocycles. The lowest BCUT2D eigenvalue weighted by molar-refractivity contribution is -0.137. The summed E-state index contributed by atoms with van der Waals surface area (Å²) in [4.78, 5) is 7.48. The Balaban J connectivity index is 1.97. The maximum absolute atomic E-state index is 13.0. The molecule has 112 valence electrons. The van der Waals surface area contributed by atoms with E-state index in [4.69, 9.17) is 0 Å². The van der Waals surface area contributed by atoms with E-state index in [1.165, 1.54) is 12.1 Å². The second-order valence-corrected chi connectivity index (χ2v) is 4.52. The molecule has 3 nitrogen and oxygen atoms in total. The first kappa shape index (κ1) is 15.4. The van der Waals surface area contributed by atoms with Crippen LogP contribution >= 0.6 is 0 Å². The van der Waals surface area contributed by atoms with E-state index < -0.39 is 17.7 Å². The Hall–Kier alpha value is -2.02. The summed E-state index contributed by atoms with van der Waals surface area (Å²) < 4.78 is 50.2. The molecular weight excluding hydrogens is 286 g/mol. The van der Waals surface area contributed by atoms with Gasteiger partial charge in [-0.1, -0.05) is 6.07 Å². The Morgan fingerprint density at radius 3 is 2.52 bits per heavy atom. The molecule has 1 N–H and O–H groups in total. The van der Waals surface area contributed by atoms with Crippen molar-refractivity contribution >= 4 is 0 Å². The van der Waals surface area contributed by atoms with Crippen molar-refractivity contribution in [2.75, 3.05) is 0 Å². The molecule has 0 radical (unpaired) electrons. The van der Waals surface area contributed by atoms with E-state index in [9.17, 15) is 17.6 Å². The molecule has 21 heavy (non-hydrogen) atoms. The number of alkyl halides is 3. The third-order valence-electron chi connectivity index (χ3n) is 2.92. The van der Waals surface area contributed by atoms with Gasteiger partial charge in [0, 0.05) is 18.8 Å². The molecule has 0 aliphatic heterocycles. The first-order valence-corrected chi connectivity index (χ1v) is 6.24. The number of hydrogen-bond donors (Lipinski definition) is 1. The highest BCUT2D eigenvalue weighted by atomic mass is 19.4. The average Bonchev–Trinajstić information content (AvgIpc) is 2.44. The molecule has 0 fully saturated rings. The minimum absolute atomic E-state index is 0.246. The predicted octanol–water partition coefficient (Wildman–Crippen LogP) is 3.49. The topological polar surface area (TPSA) is 37.8 Å². The van der Waals surface area contributed by atoms with Crippen LogP contribution in [0.1, 0.15) is 29.9 Å². The van der Waals surface area contributed by atoms with Crippen LogP contribution in [0.15, 0.2) is 36.5 Å². The average molecular weight is 299 g/mol. The smallest absolute Gasteiger partial charge is 0.303 e. The van der Waals surface area contributed by atoms with Crippen LogP contribution in [-0.4, -0.2) is 9.97 Å². The Morgan fingerprint density at radius 2 is 1.95 bits per heavy atom. The normalized spacial score (nSPS) is 13.2. The van der Waals surface area contributed by atoms with Crippen molar-refractivity contribution in [1.29, 1.82) is 0 Å². The van der Waals surface area contributed by atoms with E-state index in [0.717, 1.165) is 12.3 Å². The molecule has 0 saturated heterocycles. The molecule has 2 rings (SSSR count). The highest BCUT2D eigenvalue weighted by Crippen LogP contribution is 2.28. The van der Waals surface area contributed by atoms with Gasteiger partial charge in [-0.05, 0) is 31.2 Å². The van der Waals surface area contributed by atoms with Crippen molar-refractivity contribution in [3.8, 4) is 0 Å². The van der Waals surface area contributed by atoms with Gasteiger partial charge in [-0.25, -0.2) is 4.98 Å². The van der Waals surface area contributed by atoms with Gasteiger partial charge in [-0.3, -0.25) is 4.98 Å². The highest BCUT2D eigenvalue weighted by Gasteiger charge is 2.30. The molecule has 7 heteroatoms. The monoisotopic (exact) mass is 299 g/mol. The molecular formula is C14H13F4N3. The number of pyridine rings is 2. The SMILES string of the molecule is C[C@@H](NCc1ccc(C(F)(F)F)cn1)c1cccc(F)n1. The summed E-state index contributed by atoms with van der Waals surface area (Å²) in [5.41, 5.74) is 0.194. The van der Waals surface area contributed by atoms with Crippen LogP contribution < -0.4 is 5.32 Å². The lowest BCUT2D eigenvalue weighted by atomic mass is 10.2. The summed E-state index contributed by atoms with van der Waals surface area (Å²) in [7, 11) is 0. The number of rotatable bonds is 4. The number of hydrogen-bond acceptors (Lipinski definition) is 3. The summed E-state index contributed by atoms with van der Waals surface area (Å²) in [6.45, 7) is 2.04. The molecule has 0 saturated carbocycles. The van der Waals surface area contributed by atoms with E-state index in [-0.39, 0.29) is 12.6 Å². The van der Waals surface area contributed by atoms with Crippen molar-refractivity contribution in [3.05, 3.63) is 59.4 Å². The molecule has 0 spiro atoms. The van der Waals surface area contributed by atoms with Gasteiger partial charge in [0.25, 0.3) is 0 Å². The van der Waals surface area contributed by atoms with Gasteiger partial charge in [0.2, 0.25) is 5.95 Å². The standard InChI is InChI=1S/C14H13F4N3/c1-9(12-3-2-4-13(15)21-12)19-8-11-6-5-10(7-20-11)14(16,17)18/h2-7,9,19H,8H2,1H3/t9-/m1/s1. The zero-order valence-corrected chi connectivity index (χ0v) is 11.2. The van der Waals surface area contributed by atoms with Crippen LogP contribution in [0.3, 0.4) is 0 Å². The Bertz CT molecular complexity index is 596. The van der Waals surface area contributed by atoms with E-state index >= 15 is 0 Å². The van der Waals surface area contributed by atoms with Gasteiger partial charge >= 0.3 is 6.18 Å². The summed E-state index contributed by atoms with van der Waals surface area (Å²) in [5.74, 6) is -0.575. The summed E-state index contributed by atoms with van der Waals surface area (Å²) in [5, 5.41) is 3.03. The molecule has 0 amide bonds. The Morgan fingerprint density at radius 1 is 1.19 bits per heavy atom. The largest absolute Gasteiger partial charge is 0.417 e. The second kappa shape index (κ2) is 6.17. The lowest BCUT2D eigenvalue weighted by Crippen LogP contribution is -2.20. The molecule has 2 aromatic rings.